The van der Waals surface area contributed by atoms with Crippen LogP contribution in [0, 0.1) is 18.3 Å². The van der Waals surface area contributed by atoms with E-state index in [0.29, 0.717) is 23.4 Å². The maximum Gasteiger partial charge on any atom is 0.450 e. The van der Waals surface area contributed by atoms with Crippen LogP contribution in [-0.4, -0.2) is 59.0 Å². The highest BCUT2D eigenvalue weighted by Crippen LogP contribution is 2.32. The van der Waals surface area contributed by atoms with E-state index in [2.05, 4.69) is 25.8 Å². The summed E-state index contributed by atoms with van der Waals surface area (Å²) in [5, 5.41) is 22.7. The molecular formula is C30H28ClF5N8O3. The van der Waals surface area contributed by atoms with Gasteiger partial charge in [-0.1, -0.05) is 18.5 Å². The molecular weight excluding hydrogens is 651 g/mol. The van der Waals surface area contributed by atoms with Crippen LogP contribution in [-0.2, 0) is 6.42 Å². The summed E-state index contributed by atoms with van der Waals surface area (Å²) in [6.07, 6.45) is -7.76. The highest BCUT2D eigenvalue weighted by molar-refractivity contribution is 6.32. The van der Waals surface area contributed by atoms with E-state index < -0.39 is 36.4 Å². The third-order valence-corrected chi connectivity index (χ3v) is 7.20. The SMILES string of the molecule is CCC(F)(F)Oc1ccc(-n2nc(CCCC3=NNC(C(F)(F)F)=NC3)cc2C(=O)Nc2c(C)cc(C#N)cc2C(=O)NC)c(Cl)c1. The minimum atomic E-state index is -4.64. The zero-order valence-electron chi connectivity index (χ0n) is 25.2. The highest BCUT2D eigenvalue weighted by Gasteiger charge is 2.37. The van der Waals surface area contributed by atoms with E-state index in [1.54, 1.807) is 6.92 Å². The van der Waals surface area contributed by atoms with Crippen molar-refractivity contribution in [1.82, 2.24) is 20.5 Å². The zero-order chi connectivity index (χ0) is 34.5. The van der Waals surface area contributed by atoms with Crippen molar-refractivity contribution in [3.63, 3.8) is 0 Å². The molecule has 0 fully saturated rings. The fourth-order valence-electron chi connectivity index (χ4n) is 4.51. The largest absolute Gasteiger partial charge is 0.450 e. The van der Waals surface area contributed by atoms with Crippen molar-refractivity contribution in [3.05, 3.63) is 69.5 Å². The molecule has 248 valence electrons. The van der Waals surface area contributed by atoms with Crippen molar-refractivity contribution in [2.45, 2.75) is 51.8 Å². The summed E-state index contributed by atoms with van der Waals surface area (Å²) in [5.41, 5.74) is 3.59. The molecule has 47 heavy (non-hydrogen) atoms. The Kier molecular flexibility index (Phi) is 10.5. The molecule has 0 saturated heterocycles. The maximum atomic E-state index is 13.8. The number of aromatic nitrogens is 2. The van der Waals surface area contributed by atoms with Crippen LogP contribution in [0.2, 0.25) is 5.02 Å². The van der Waals surface area contributed by atoms with Crippen LogP contribution in [0.5, 0.6) is 5.75 Å². The number of carbonyl (C=O) groups excluding carboxylic acids is 2. The molecule has 1 aliphatic rings. The number of benzene rings is 2. The van der Waals surface area contributed by atoms with E-state index in [1.807, 2.05) is 11.5 Å². The number of nitrogens with one attached hydrogen (secondary N) is 3. The number of nitrogens with zero attached hydrogens (tertiary/aromatic N) is 5. The van der Waals surface area contributed by atoms with E-state index in [-0.39, 0.29) is 58.4 Å². The Morgan fingerprint density at radius 2 is 1.87 bits per heavy atom. The van der Waals surface area contributed by atoms with Crippen LogP contribution >= 0.6 is 11.6 Å². The third kappa shape index (κ3) is 8.41. The molecule has 0 bridgehead atoms. The Bertz CT molecular complexity index is 1800. The normalized spacial score (nSPS) is 13.2. The van der Waals surface area contributed by atoms with Crippen LogP contribution in [0.1, 0.15) is 63.9 Å². The number of halogens is 6. The fraction of sp³-hybridized carbons (Fsp3) is 0.333. The molecule has 2 amide bonds. The molecule has 0 spiro atoms. The molecule has 11 nitrogen and oxygen atoms in total. The number of amidine groups is 1. The molecule has 1 aromatic heterocycles. The van der Waals surface area contributed by atoms with Gasteiger partial charge in [0, 0.05) is 19.5 Å². The number of rotatable bonds is 11. The van der Waals surface area contributed by atoms with Gasteiger partial charge in [-0.2, -0.15) is 37.4 Å². The number of hydrogen-bond donors (Lipinski definition) is 3. The number of alkyl halides is 5. The van der Waals surface area contributed by atoms with E-state index >= 15 is 0 Å². The lowest BCUT2D eigenvalue weighted by Crippen LogP contribution is -2.38. The molecule has 3 aromatic rings. The summed E-state index contributed by atoms with van der Waals surface area (Å²) in [7, 11) is 1.39. The highest BCUT2D eigenvalue weighted by atomic mass is 35.5. The van der Waals surface area contributed by atoms with Crippen LogP contribution in [0.15, 0.2) is 46.5 Å². The lowest BCUT2D eigenvalue weighted by atomic mass is 10.0. The number of anilines is 1. The van der Waals surface area contributed by atoms with Crippen molar-refractivity contribution < 1.29 is 36.3 Å². The van der Waals surface area contributed by atoms with Crippen molar-refractivity contribution in [2.75, 3.05) is 18.9 Å². The lowest BCUT2D eigenvalue weighted by molar-refractivity contribution is -0.177. The minimum Gasteiger partial charge on any atom is -0.433 e. The summed E-state index contributed by atoms with van der Waals surface area (Å²) >= 11 is 6.46. The number of ether oxygens (including phenoxy) is 1. The summed E-state index contributed by atoms with van der Waals surface area (Å²) < 4.78 is 72.0. The molecule has 0 atom stereocenters. The fourth-order valence-corrected chi connectivity index (χ4v) is 4.76. The van der Waals surface area contributed by atoms with E-state index in [0.717, 1.165) is 6.07 Å². The molecule has 0 aliphatic carbocycles. The van der Waals surface area contributed by atoms with Gasteiger partial charge < -0.3 is 15.4 Å². The maximum absolute atomic E-state index is 13.8. The van der Waals surface area contributed by atoms with Gasteiger partial charge in [-0.3, -0.25) is 20.0 Å². The van der Waals surface area contributed by atoms with E-state index in [4.69, 9.17) is 16.3 Å². The molecule has 0 unspecified atom stereocenters. The van der Waals surface area contributed by atoms with Gasteiger partial charge in [-0.25, -0.2) is 4.68 Å². The Hall–Kier alpha value is -5.04. The molecule has 0 saturated carbocycles. The molecule has 2 heterocycles. The molecule has 4 rings (SSSR count). The Morgan fingerprint density at radius 1 is 1.13 bits per heavy atom. The van der Waals surface area contributed by atoms with E-state index in [9.17, 15) is 36.8 Å². The second kappa shape index (κ2) is 14.2. The molecule has 1 aliphatic heterocycles. The number of carbonyl (C=O) groups is 2. The number of amides is 2. The van der Waals surface area contributed by atoms with Gasteiger partial charge in [0.1, 0.15) is 11.4 Å². The van der Waals surface area contributed by atoms with Gasteiger partial charge in [-0.15, -0.1) is 0 Å². The van der Waals surface area contributed by atoms with Gasteiger partial charge in [0.25, 0.3) is 11.8 Å². The summed E-state index contributed by atoms with van der Waals surface area (Å²) in [5.74, 6) is -2.67. The number of hydrazone groups is 1. The second-order valence-electron chi connectivity index (χ2n) is 10.3. The second-order valence-corrected chi connectivity index (χ2v) is 10.7. The number of hydrogen-bond acceptors (Lipinski definition) is 8. The first-order chi connectivity index (χ1) is 22.1. The monoisotopic (exact) mass is 678 g/mol. The molecule has 17 heteroatoms. The number of aryl methyl sites for hydroxylation is 2. The lowest BCUT2D eigenvalue weighted by Gasteiger charge is -2.17. The van der Waals surface area contributed by atoms with Crippen LogP contribution < -0.4 is 20.8 Å². The minimum absolute atomic E-state index is 0.0401. The number of nitriles is 1. The van der Waals surface area contributed by atoms with Gasteiger partial charge >= 0.3 is 12.3 Å². The first kappa shape index (κ1) is 34.8. The topological polar surface area (TPSA) is 146 Å². The first-order valence-corrected chi connectivity index (χ1v) is 14.5. The van der Waals surface area contributed by atoms with Crippen LogP contribution in [0.3, 0.4) is 0 Å². The standard InChI is InChI=1S/C30H28ClF5N8O3/c1-4-29(32,33)47-20-8-9-23(22(31)13-20)44-24(27(46)40-25-16(2)10-17(14-37)11-21(25)26(45)38-3)12-18(43-44)6-5-7-19-15-39-28(42-41-19)30(34,35)36/h8-13H,4-7,15H2,1-3H3,(H,38,45)(H,39,42)(H,40,46). The predicted molar refractivity (Wildman–Crippen MR) is 164 cm³/mol. The summed E-state index contributed by atoms with van der Waals surface area (Å²) in [6.45, 7) is 2.63. The average molecular weight is 679 g/mol. The van der Waals surface area contributed by atoms with Crippen LogP contribution in [0.4, 0.5) is 27.6 Å². The third-order valence-electron chi connectivity index (χ3n) is 6.90. The Morgan fingerprint density at radius 3 is 2.47 bits per heavy atom. The number of aliphatic imine (C=N–C) groups is 1. The first-order valence-electron chi connectivity index (χ1n) is 14.1. The quantitative estimate of drug-likeness (QED) is 0.214. The van der Waals surface area contributed by atoms with Gasteiger partial charge in [0.15, 0.2) is 0 Å². The van der Waals surface area contributed by atoms with Gasteiger partial charge in [0.2, 0.25) is 5.84 Å². The molecule has 2 aromatic carbocycles. The zero-order valence-corrected chi connectivity index (χ0v) is 26.0. The van der Waals surface area contributed by atoms with Gasteiger partial charge in [0.05, 0.1) is 51.5 Å². The summed E-state index contributed by atoms with van der Waals surface area (Å²) in [6, 6.07) is 9.99. The molecule has 3 N–H and O–H groups in total. The van der Waals surface area contributed by atoms with E-state index in [1.165, 1.54) is 49.0 Å². The van der Waals surface area contributed by atoms with Crippen molar-refractivity contribution in [1.29, 1.82) is 5.26 Å². The Balaban J connectivity index is 1.65. The van der Waals surface area contributed by atoms with Crippen LogP contribution in [0.25, 0.3) is 5.69 Å². The van der Waals surface area contributed by atoms with Crippen molar-refractivity contribution in [2.24, 2.45) is 10.1 Å². The molecule has 0 radical (unpaired) electrons. The Labute approximate surface area is 270 Å². The summed E-state index contributed by atoms with van der Waals surface area (Å²) in [4.78, 5) is 29.9. The smallest absolute Gasteiger partial charge is 0.433 e. The van der Waals surface area contributed by atoms with Gasteiger partial charge in [-0.05, 0) is 62.1 Å². The van der Waals surface area contributed by atoms with Crippen molar-refractivity contribution in [3.8, 4) is 17.5 Å². The predicted octanol–water partition coefficient (Wildman–Crippen LogP) is 5.94. The van der Waals surface area contributed by atoms with Crippen molar-refractivity contribution >= 4 is 40.6 Å². The average Bonchev–Trinajstić information content (AvgIpc) is 3.45.